The standard InChI is InChI=1S/C13H27N3O3S/c1-19-11-6-14-12-13-4-9-16(10-5-13)20(17,18)15-7-2-3-8-15/h13-14H,2-12H2,1H3. The summed E-state index contributed by atoms with van der Waals surface area (Å²) in [5.41, 5.74) is 0. The second-order valence-corrected chi connectivity index (χ2v) is 7.58. The first kappa shape index (κ1) is 16.2. The summed E-state index contributed by atoms with van der Waals surface area (Å²) in [6.07, 6.45) is 3.90. The minimum atomic E-state index is -3.19. The van der Waals surface area contributed by atoms with Crippen LogP contribution in [0.5, 0.6) is 0 Å². The number of rotatable bonds is 7. The van der Waals surface area contributed by atoms with Crippen molar-refractivity contribution in [1.29, 1.82) is 0 Å². The Hall–Kier alpha value is -0.210. The van der Waals surface area contributed by atoms with Crippen molar-refractivity contribution in [2.45, 2.75) is 25.7 Å². The Kier molecular flexibility index (Phi) is 6.22. The Bertz CT molecular complexity index is 374. The predicted octanol–water partition coefficient (Wildman–Crippen LogP) is 0.275. The predicted molar refractivity (Wildman–Crippen MR) is 78.8 cm³/mol. The minimum Gasteiger partial charge on any atom is -0.383 e. The van der Waals surface area contributed by atoms with E-state index in [1.165, 1.54) is 0 Å². The van der Waals surface area contributed by atoms with Gasteiger partial charge in [0.1, 0.15) is 0 Å². The fraction of sp³-hybridized carbons (Fsp3) is 1.00. The average molecular weight is 305 g/mol. The van der Waals surface area contributed by atoms with Crippen LogP contribution in [-0.2, 0) is 14.9 Å². The molecule has 2 fully saturated rings. The van der Waals surface area contributed by atoms with E-state index in [0.717, 1.165) is 45.4 Å². The van der Waals surface area contributed by atoms with Crippen LogP contribution >= 0.6 is 0 Å². The van der Waals surface area contributed by atoms with Gasteiger partial charge < -0.3 is 10.1 Å². The average Bonchev–Trinajstić information content (AvgIpc) is 2.99. The Balaban J connectivity index is 1.73. The molecule has 0 atom stereocenters. The summed E-state index contributed by atoms with van der Waals surface area (Å²) in [4.78, 5) is 0. The largest absolute Gasteiger partial charge is 0.383 e. The van der Waals surface area contributed by atoms with E-state index in [4.69, 9.17) is 4.74 Å². The molecular weight excluding hydrogens is 278 g/mol. The van der Waals surface area contributed by atoms with E-state index >= 15 is 0 Å². The van der Waals surface area contributed by atoms with E-state index in [-0.39, 0.29) is 0 Å². The van der Waals surface area contributed by atoms with E-state index in [9.17, 15) is 8.42 Å². The molecule has 20 heavy (non-hydrogen) atoms. The van der Waals surface area contributed by atoms with E-state index in [1.807, 2.05) is 0 Å². The molecule has 0 saturated carbocycles. The highest BCUT2D eigenvalue weighted by Gasteiger charge is 2.33. The van der Waals surface area contributed by atoms with Crippen LogP contribution in [0.4, 0.5) is 0 Å². The van der Waals surface area contributed by atoms with E-state index in [1.54, 1.807) is 15.7 Å². The zero-order valence-electron chi connectivity index (χ0n) is 12.4. The molecule has 0 amide bonds. The lowest BCUT2D eigenvalue weighted by atomic mass is 9.98. The Morgan fingerprint density at radius 2 is 1.70 bits per heavy atom. The molecular formula is C13H27N3O3S. The zero-order valence-corrected chi connectivity index (χ0v) is 13.2. The van der Waals surface area contributed by atoms with Crippen LogP contribution in [0.2, 0.25) is 0 Å². The first-order valence-electron chi connectivity index (χ1n) is 7.59. The van der Waals surface area contributed by atoms with Crippen molar-refractivity contribution < 1.29 is 13.2 Å². The molecule has 2 aliphatic heterocycles. The first-order valence-corrected chi connectivity index (χ1v) is 8.99. The highest BCUT2D eigenvalue weighted by atomic mass is 32.2. The lowest BCUT2D eigenvalue weighted by molar-refractivity contribution is 0.193. The van der Waals surface area contributed by atoms with Gasteiger partial charge in [-0.3, -0.25) is 0 Å². The van der Waals surface area contributed by atoms with Crippen LogP contribution in [0.3, 0.4) is 0 Å². The minimum absolute atomic E-state index is 0.580. The maximum absolute atomic E-state index is 12.4. The molecule has 2 heterocycles. The monoisotopic (exact) mass is 305 g/mol. The molecule has 2 aliphatic rings. The molecule has 2 rings (SSSR count). The molecule has 7 heteroatoms. The quantitative estimate of drug-likeness (QED) is 0.686. The normalized spacial score (nSPS) is 23.4. The van der Waals surface area contributed by atoms with Gasteiger partial charge in [0.15, 0.2) is 0 Å². The van der Waals surface area contributed by atoms with Crippen molar-refractivity contribution in [3.63, 3.8) is 0 Å². The zero-order chi connectivity index (χ0) is 14.4. The van der Waals surface area contributed by atoms with E-state index in [0.29, 0.717) is 32.1 Å². The van der Waals surface area contributed by atoms with Gasteiger partial charge in [0.2, 0.25) is 0 Å². The number of methoxy groups -OCH3 is 1. The number of nitrogens with one attached hydrogen (secondary N) is 1. The van der Waals surface area contributed by atoms with Gasteiger partial charge in [-0.2, -0.15) is 17.0 Å². The van der Waals surface area contributed by atoms with Gasteiger partial charge in [0.25, 0.3) is 10.2 Å². The highest BCUT2D eigenvalue weighted by molar-refractivity contribution is 7.86. The summed E-state index contributed by atoms with van der Waals surface area (Å²) < 4.78 is 33.1. The van der Waals surface area contributed by atoms with Crippen LogP contribution in [0, 0.1) is 5.92 Å². The molecule has 0 bridgehead atoms. The lowest BCUT2D eigenvalue weighted by Crippen LogP contribution is -2.47. The van der Waals surface area contributed by atoms with Crippen LogP contribution in [-0.4, -0.2) is 70.0 Å². The topological polar surface area (TPSA) is 61.9 Å². The van der Waals surface area contributed by atoms with Gasteiger partial charge in [0, 0.05) is 39.8 Å². The third-order valence-electron chi connectivity index (χ3n) is 4.21. The number of hydrogen-bond acceptors (Lipinski definition) is 4. The van der Waals surface area contributed by atoms with Gasteiger partial charge >= 0.3 is 0 Å². The Morgan fingerprint density at radius 3 is 2.30 bits per heavy atom. The summed E-state index contributed by atoms with van der Waals surface area (Å²) in [7, 11) is -1.49. The summed E-state index contributed by atoms with van der Waals surface area (Å²) >= 11 is 0. The third-order valence-corrected chi connectivity index (χ3v) is 6.24. The molecule has 0 aromatic heterocycles. The number of nitrogens with zero attached hydrogens (tertiary/aromatic N) is 2. The Morgan fingerprint density at radius 1 is 1.10 bits per heavy atom. The van der Waals surface area contributed by atoms with Crippen molar-refractivity contribution in [2.24, 2.45) is 5.92 Å². The van der Waals surface area contributed by atoms with Crippen LogP contribution in [0.1, 0.15) is 25.7 Å². The molecule has 0 aromatic rings. The van der Waals surface area contributed by atoms with Crippen molar-refractivity contribution in [3.05, 3.63) is 0 Å². The molecule has 0 radical (unpaired) electrons. The smallest absolute Gasteiger partial charge is 0.281 e. The summed E-state index contributed by atoms with van der Waals surface area (Å²) in [6, 6.07) is 0. The maximum Gasteiger partial charge on any atom is 0.281 e. The van der Waals surface area contributed by atoms with Gasteiger partial charge in [-0.25, -0.2) is 0 Å². The molecule has 1 N–H and O–H groups in total. The van der Waals surface area contributed by atoms with E-state index < -0.39 is 10.2 Å². The Labute approximate surface area is 122 Å². The van der Waals surface area contributed by atoms with Gasteiger partial charge in [-0.05, 0) is 38.1 Å². The summed E-state index contributed by atoms with van der Waals surface area (Å²) in [5.74, 6) is 0.580. The molecule has 0 aliphatic carbocycles. The number of hydrogen-bond donors (Lipinski definition) is 1. The second-order valence-electron chi connectivity index (χ2n) is 5.65. The summed E-state index contributed by atoms with van der Waals surface area (Å²) in [5, 5.41) is 3.36. The number of ether oxygens (including phenoxy) is 1. The first-order chi connectivity index (χ1) is 9.64. The van der Waals surface area contributed by atoms with Crippen LogP contribution < -0.4 is 5.32 Å². The number of piperidine rings is 1. The molecule has 2 saturated heterocycles. The maximum atomic E-state index is 12.4. The van der Waals surface area contributed by atoms with Gasteiger partial charge in [-0.1, -0.05) is 0 Å². The molecule has 118 valence electrons. The van der Waals surface area contributed by atoms with Gasteiger partial charge in [-0.15, -0.1) is 0 Å². The SMILES string of the molecule is COCCNCC1CCN(S(=O)(=O)N2CCCC2)CC1. The summed E-state index contributed by atoms with van der Waals surface area (Å²) in [6.45, 7) is 5.26. The van der Waals surface area contributed by atoms with Crippen molar-refractivity contribution >= 4 is 10.2 Å². The third kappa shape index (κ3) is 4.14. The van der Waals surface area contributed by atoms with Crippen molar-refractivity contribution in [1.82, 2.24) is 13.9 Å². The fourth-order valence-electron chi connectivity index (χ4n) is 2.91. The van der Waals surface area contributed by atoms with Crippen LogP contribution in [0.25, 0.3) is 0 Å². The van der Waals surface area contributed by atoms with Crippen molar-refractivity contribution in [3.8, 4) is 0 Å². The lowest BCUT2D eigenvalue weighted by Gasteiger charge is -2.33. The fourth-order valence-corrected chi connectivity index (χ4v) is 4.63. The molecule has 0 aromatic carbocycles. The molecule has 0 spiro atoms. The second kappa shape index (κ2) is 7.70. The highest BCUT2D eigenvalue weighted by Crippen LogP contribution is 2.23. The van der Waals surface area contributed by atoms with E-state index in [2.05, 4.69) is 5.32 Å². The van der Waals surface area contributed by atoms with Gasteiger partial charge in [0.05, 0.1) is 6.61 Å². The molecule has 0 unspecified atom stereocenters. The van der Waals surface area contributed by atoms with Crippen LogP contribution in [0.15, 0.2) is 0 Å². The van der Waals surface area contributed by atoms with Crippen molar-refractivity contribution in [2.75, 3.05) is 53.0 Å². The molecule has 6 nitrogen and oxygen atoms in total.